The van der Waals surface area contributed by atoms with E-state index in [2.05, 4.69) is 26.0 Å². The maximum atomic E-state index is 6.24. The van der Waals surface area contributed by atoms with Crippen LogP contribution in [0.2, 0.25) is 0 Å². The third-order valence-corrected chi connectivity index (χ3v) is 4.55. The molecule has 4 heteroatoms. The molecule has 1 aliphatic carbocycles. The summed E-state index contributed by atoms with van der Waals surface area (Å²) in [5.74, 6) is 1.45. The van der Waals surface area contributed by atoms with Crippen molar-refractivity contribution in [1.29, 1.82) is 0 Å². The Morgan fingerprint density at radius 1 is 1.29 bits per heavy atom. The molecule has 0 saturated heterocycles. The van der Waals surface area contributed by atoms with Gasteiger partial charge in [0, 0.05) is 13.5 Å². The van der Waals surface area contributed by atoms with Crippen LogP contribution >= 0.6 is 11.6 Å². The monoisotopic (exact) mass is 312 g/mol. The predicted molar refractivity (Wildman–Crippen MR) is 85.4 cm³/mol. The Kier molecular flexibility index (Phi) is 6.34. The highest BCUT2D eigenvalue weighted by Gasteiger charge is 2.43. The lowest BCUT2D eigenvalue weighted by Crippen LogP contribution is -2.53. The maximum Gasteiger partial charge on any atom is 0.128 e. The summed E-state index contributed by atoms with van der Waals surface area (Å²) >= 11 is 6.24. The van der Waals surface area contributed by atoms with Crippen LogP contribution in [0.4, 0.5) is 0 Å². The van der Waals surface area contributed by atoms with Crippen molar-refractivity contribution in [3.05, 3.63) is 29.8 Å². The number of alkyl halides is 1. The first kappa shape index (κ1) is 16.6. The fourth-order valence-corrected chi connectivity index (χ4v) is 2.91. The third-order valence-electron chi connectivity index (χ3n) is 4.12. The fourth-order valence-electron chi connectivity index (χ4n) is 2.50. The van der Waals surface area contributed by atoms with Gasteiger partial charge in [0.25, 0.3) is 0 Å². The van der Waals surface area contributed by atoms with Crippen LogP contribution in [0.3, 0.4) is 0 Å². The van der Waals surface area contributed by atoms with Crippen molar-refractivity contribution in [2.24, 2.45) is 0 Å². The van der Waals surface area contributed by atoms with Crippen LogP contribution in [-0.2, 0) is 9.47 Å². The molecule has 4 unspecified atom stereocenters. The molecule has 1 saturated carbocycles. The first-order valence-corrected chi connectivity index (χ1v) is 8.11. The van der Waals surface area contributed by atoms with Crippen LogP contribution in [0.1, 0.15) is 38.2 Å². The molecule has 1 aromatic carbocycles. The molecule has 1 fully saturated rings. The minimum Gasteiger partial charge on any atom is -0.487 e. The summed E-state index contributed by atoms with van der Waals surface area (Å²) in [6.45, 7) is 5.55. The Morgan fingerprint density at radius 2 is 2.05 bits per heavy atom. The van der Waals surface area contributed by atoms with Gasteiger partial charge in [-0.1, -0.05) is 32.0 Å². The average Bonchev–Trinajstić information content (AvgIpc) is 2.50. The molecule has 1 aliphatic rings. The molecule has 0 spiro atoms. The highest BCUT2D eigenvalue weighted by atomic mass is 35.5. The molecule has 3 nitrogen and oxygen atoms in total. The van der Waals surface area contributed by atoms with Gasteiger partial charge in [-0.2, -0.15) is 0 Å². The van der Waals surface area contributed by atoms with Crippen LogP contribution in [0.25, 0.3) is 0 Å². The Balaban J connectivity index is 1.98. The van der Waals surface area contributed by atoms with Crippen molar-refractivity contribution in [2.75, 3.05) is 20.3 Å². The van der Waals surface area contributed by atoms with Crippen LogP contribution < -0.4 is 4.74 Å². The summed E-state index contributed by atoms with van der Waals surface area (Å²) in [5.41, 5.74) is 1.26. The van der Waals surface area contributed by atoms with Crippen molar-refractivity contribution in [3.63, 3.8) is 0 Å². The topological polar surface area (TPSA) is 27.7 Å². The standard InChI is InChI=1S/C17H25ClO3/c1-4-12(2)13-7-5-6-8-15(13)21-16-11-14(18)17(16)20-10-9-19-3/h5-8,12,14,16-17H,4,9-11H2,1-3H3. The normalized spacial score (nSPS) is 26.2. The smallest absolute Gasteiger partial charge is 0.128 e. The van der Waals surface area contributed by atoms with Gasteiger partial charge in [-0.05, 0) is 24.0 Å². The Bertz CT molecular complexity index is 438. The van der Waals surface area contributed by atoms with Crippen LogP contribution in [-0.4, -0.2) is 37.9 Å². The molecular formula is C17H25ClO3. The molecule has 2 rings (SSSR count). The van der Waals surface area contributed by atoms with Crippen molar-refractivity contribution in [1.82, 2.24) is 0 Å². The van der Waals surface area contributed by atoms with E-state index in [1.54, 1.807) is 7.11 Å². The first-order valence-electron chi connectivity index (χ1n) is 7.67. The number of halogens is 1. The highest BCUT2D eigenvalue weighted by molar-refractivity contribution is 6.21. The number of ether oxygens (including phenoxy) is 3. The maximum absolute atomic E-state index is 6.24. The Hall–Kier alpha value is -0.770. The molecule has 21 heavy (non-hydrogen) atoms. The summed E-state index contributed by atoms with van der Waals surface area (Å²) in [4.78, 5) is 0. The molecule has 4 atom stereocenters. The molecular weight excluding hydrogens is 288 g/mol. The SMILES string of the molecule is CCC(C)c1ccccc1OC1CC(Cl)C1OCCOC. The molecule has 0 heterocycles. The Morgan fingerprint density at radius 3 is 2.71 bits per heavy atom. The quantitative estimate of drug-likeness (QED) is 0.536. The van der Waals surface area contributed by atoms with Gasteiger partial charge < -0.3 is 14.2 Å². The van der Waals surface area contributed by atoms with Crippen LogP contribution in [0.5, 0.6) is 5.75 Å². The lowest BCUT2D eigenvalue weighted by atomic mass is 9.90. The zero-order chi connectivity index (χ0) is 15.2. The van der Waals surface area contributed by atoms with Gasteiger partial charge in [-0.25, -0.2) is 0 Å². The fraction of sp³-hybridized carbons (Fsp3) is 0.647. The lowest BCUT2D eigenvalue weighted by Gasteiger charge is -2.41. The van der Waals surface area contributed by atoms with E-state index < -0.39 is 0 Å². The second-order valence-electron chi connectivity index (χ2n) is 5.58. The molecule has 1 aromatic rings. The van der Waals surface area contributed by atoms with Gasteiger partial charge in [-0.3, -0.25) is 0 Å². The molecule has 118 valence electrons. The molecule has 0 amide bonds. The van der Waals surface area contributed by atoms with E-state index in [4.69, 9.17) is 25.8 Å². The van der Waals surface area contributed by atoms with Crippen LogP contribution in [0.15, 0.2) is 24.3 Å². The largest absolute Gasteiger partial charge is 0.487 e. The van der Waals surface area contributed by atoms with Gasteiger partial charge in [-0.15, -0.1) is 11.6 Å². The summed E-state index contributed by atoms with van der Waals surface area (Å²) in [6.07, 6.45) is 1.91. The highest BCUT2D eigenvalue weighted by Crippen LogP contribution is 2.36. The Labute approximate surface area is 132 Å². The molecule has 0 aliphatic heterocycles. The third kappa shape index (κ3) is 4.12. The van der Waals surface area contributed by atoms with Crippen molar-refractivity contribution < 1.29 is 14.2 Å². The number of methoxy groups -OCH3 is 1. The molecule has 0 bridgehead atoms. The number of hydrogen-bond acceptors (Lipinski definition) is 3. The molecule has 0 aromatic heterocycles. The summed E-state index contributed by atoms with van der Waals surface area (Å²) in [6, 6.07) is 8.25. The van der Waals surface area contributed by atoms with Gasteiger partial charge in [0.05, 0.1) is 18.6 Å². The number of rotatable bonds is 8. The van der Waals surface area contributed by atoms with Gasteiger partial charge in [0.15, 0.2) is 0 Å². The van der Waals surface area contributed by atoms with E-state index in [-0.39, 0.29) is 17.6 Å². The van der Waals surface area contributed by atoms with Crippen molar-refractivity contribution >= 4 is 11.6 Å². The summed E-state index contributed by atoms with van der Waals surface area (Å²) in [7, 11) is 1.67. The molecule has 0 radical (unpaired) electrons. The molecule has 0 N–H and O–H groups in total. The van der Waals surface area contributed by atoms with E-state index in [9.17, 15) is 0 Å². The second-order valence-corrected chi connectivity index (χ2v) is 6.14. The van der Waals surface area contributed by atoms with Gasteiger partial charge in [0.1, 0.15) is 18.0 Å². The number of hydrogen-bond donors (Lipinski definition) is 0. The van der Waals surface area contributed by atoms with Crippen molar-refractivity contribution in [3.8, 4) is 5.75 Å². The van der Waals surface area contributed by atoms with Crippen LogP contribution in [0, 0.1) is 0 Å². The van der Waals surface area contributed by atoms with E-state index in [1.165, 1.54) is 5.56 Å². The van der Waals surface area contributed by atoms with E-state index >= 15 is 0 Å². The van der Waals surface area contributed by atoms with Gasteiger partial charge >= 0.3 is 0 Å². The van der Waals surface area contributed by atoms with E-state index in [1.807, 2.05) is 12.1 Å². The van der Waals surface area contributed by atoms with Crippen molar-refractivity contribution in [2.45, 2.75) is 50.2 Å². The minimum absolute atomic E-state index is 0.0302. The second kappa shape index (κ2) is 8.02. The number of benzene rings is 1. The number of para-hydroxylation sites is 1. The lowest BCUT2D eigenvalue weighted by molar-refractivity contribution is -0.0901. The predicted octanol–water partition coefficient (Wildman–Crippen LogP) is 3.99. The summed E-state index contributed by atoms with van der Waals surface area (Å²) < 4.78 is 16.9. The zero-order valence-electron chi connectivity index (χ0n) is 13.0. The van der Waals surface area contributed by atoms with E-state index in [0.717, 1.165) is 18.6 Å². The average molecular weight is 313 g/mol. The zero-order valence-corrected chi connectivity index (χ0v) is 13.8. The van der Waals surface area contributed by atoms with Gasteiger partial charge in [0.2, 0.25) is 0 Å². The van der Waals surface area contributed by atoms with E-state index in [0.29, 0.717) is 19.1 Å². The summed E-state index contributed by atoms with van der Waals surface area (Å²) in [5, 5.41) is 0.0302. The first-order chi connectivity index (χ1) is 10.2. The minimum atomic E-state index is -0.0493.